The van der Waals surface area contributed by atoms with Crippen molar-refractivity contribution in [1.29, 1.82) is 0 Å². The van der Waals surface area contributed by atoms with Gasteiger partial charge in [0.15, 0.2) is 0 Å². The molecule has 6 heteroatoms. The molecule has 1 aromatic carbocycles. The number of thioether (sulfide) groups is 2. The zero-order valence-electron chi connectivity index (χ0n) is 12.3. The molecule has 0 bridgehead atoms. The third-order valence-electron chi connectivity index (χ3n) is 2.86. The summed E-state index contributed by atoms with van der Waals surface area (Å²) in [6.45, 7) is 2.03. The molecule has 0 aliphatic carbocycles. The maximum atomic E-state index is 11.8. The number of amides is 1. The molecule has 21 heavy (non-hydrogen) atoms. The Morgan fingerprint density at radius 2 is 1.90 bits per heavy atom. The molecular formula is C15H21NO3S2. The molecule has 0 aromatic heterocycles. The molecular weight excluding hydrogens is 306 g/mol. The van der Waals surface area contributed by atoms with E-state index in [1.165, 1.54) is 5.56 Å². The largest absolute Gasteiger partial charge is 0.480 e. The predicted octanol–water partition coefficient (Wildman–Crippen LogP) is 2.80. The lowest BCUT2D eigenvalue weighted by Gasteiger charge is -2.13. The molecule has 0 heterocycles. The Labute approximate surface area is 134 Å². The highest BCUT2D eigenvalue weighted by Gasteiger charge is 2.18. The van der Waals surface area contributed by atoms with Crippen LogP contribution in [-0.4, -0.2) is 40.8 Å². The van der Waals surface area contributed by atoms with E-state index in [2.05, 4.69) is 5.32 Å². The summed E-state index contributed by atoms with van der Waals surface area (Å²) in [6, 6.07) is 7.33. The Morgan fingerprint density at radius 1 is 1.24 bits per heavy atom. The number of aliphatic carboxylic acids is 1. The first-order valence-electron chi connectivity index (χ1n) is 6.73. The fourth-order valence-electron chi connectivity index (χ4n) is 1.66. The zero-order valence-corrected chi connectivity index (χ0v) is 13.9. The topological polar surface area (TPSA) is 66.4 Å². The average Bonchev–Trinajstić information content (AvgIpc) is 2.45. The van der Waals surface area contributed by atoms with Crippen molar-refractivity contribution in [2.45, 2.75) is 30.7 Å². The molecule has 1 amide bonds. The molecule has 1 rings (SSSR count). The van der Waals surface area contributed by atoms with Gasteiger partial charge >= 0.3 is 5.97 Å². The zero-order chi connectivity index (χ0) is 15.7. The maximum absolute atomic E-state index is 11.8. The van der Waals surface area contributed by atoms with Gasteiger partial charge in [0.05, 0.1) is 0 Å². The van der Waals surface area contributed by atoms with Gasteiger partial charge in [0, 0.05) is 17.1 Å². The van der Waals surface area contributed by atoms with Crippen molar-refractivity contribution in [2.24, 2.45) is 0 Å². The fourth-order valence-corrected chi connectivity index (χ4v) is 2.98. The summed E-state index contributed by atoms with van der Waals surface area (Å²) in [6.07, 6.45) is 2.69. The number of hydrogen-bond acceptors (Lipinski definition) is 4. The van der Waals surface area contributed by atoms with Gasteiger partial charge in [-0.2, -0.15) is 11.8 Å². The molecule has 0 unspecified atom stereocenters. The molecule has 0 aliphatic heterocycles. The summed E-state index contributed by atoms with van der Waals surface area (Å²) in [5, 5.41) is 11.6. The van der Waals surface area contributed by atoms with Crippen molar-refractivity contribution in [2.75, 3.05) is 17.8 Å². The van der Waals surface area contributed by atoms with Crippen LogP contribution in [0.2, 0.25) is 0 Å². The first-order valence-corrected chi connectivity index (χ1v) is 9.11. The lowest BCUT2D eigenvalue weighted by atomic mass is 10.2. The van der Waals surface area contributed by atoms with Crippen molar-refractivity contribution in [1.82, 2.24) is 5.32 Å². The van der Waals surface area contributed by atoms with Crippen LogP contribution < -0.4 is 5.32 Å². The van der Waals surface area contributed by atoms with Crippen LogP contribution in [-0.2, 0) is 9.59 Å². The summed E-state index contributed by atoms with van der Waals surface area (Å²) in [5.74, 6) is 0.186. The Morgan fingerprint density at radius 3 is 2.48 bits per heavy atom. The van der Waals surface area contributed by atoms with E-state index in [0.29, 0.717) is 18.6 Å². The van der Waals surface area contributed by atoms with Crippen molar-refractivity contribution in [3.05, 3.63) is 29.8 Å². The number of nitrogens with one attached hydrogen (secondary N) is 1. The van der Waals surface area contributed by atoms with E-state index in [1.54, 1.807) is 23.5 Å². The molecule has 0 saturated heterocycles. The van der Waals surface area contributed by atoms with Crippen molar-refractivity contribution < 1.29 is 14.7 Å². The van der Waals surface area contributed by atoms with E-state index in [4.69, 9.17) is 5.11 Å². The highest BCUT2D eigenvalue weighted by molar-refractivity contribution is 7.99. The number of hydrogen-bond donors (Lipinski definition) is 2. The van der Waals surface area contributed by atoms with E-state index >= 15 is 0 Å². The van der Waals surface area contributed by atoms with Crippen molar-refractivity contribution >= 4 is 35.4 Å². The molecule has 0 spiro atoms. The average molecular weight is 327 g/mol. The minimum atomic E-state index is -0.969. The molecule has 116 valence electrons. The van der Waals surface area contributed by atoms with Crippen LogP contribution in [0.4, 0.5) is 0 Å². The van der Waals surface area contributed by atoms with Crippen LogP contribution in [0.15, 0.2) is 29.2 Å². The summed E-state index contributed by atoms with van der Waals surface area (Å²) in [7, 11) is 0. The van der Waals surface area contributed by atoms with Crippen molar-refractivity contribution in [3.8, 4) is 0 Å². The normalized spacial score (nSPS) is 11.9. The van der Waals surface area contributed by atoms with Crippen LogP contribution in [0.25, 0.3) is 0 Å². The molecule has 1 atom stereocenters. The molecule has 0 fully saturated rings. The number of carbonyl (C=O) groups excluding carboxylic acids is 1. The second-order valence-electron chi connectivity index (χ2n) is 4.65. The van der Waals surface area contributed by atoms with Gasteiger partial charge in [0.25, 0.3) is 0 Å². The fraction of sp³-hybridized carbons (Fsp3) is 0.467. The number of carboxylic acid groups (broad SMARTS) is 1. The van der Waals surface area contributed by atoms with Gasteiger partial charge in [-0.25, -0.2) is 4.79 Å². The van der Waals surface area contributed by atoms with E-state index in [9.17, 15) is 9.59 Å². The van der Waals surface area contributed by atoms with Crippen LogP contribution in [0.3, 0.4) is 0 Å². The van der Waals surface area contributed by atoms with Crippen molar-refractivity contribution in [3.63, 3.8) is 0 Å². The van der Waals surface area contributed by atoms with Crippen LogP contribution in [0.1, 0.15) is 18.4 Å². The van der Waals surface area contributed by atoms with E-state index in [0.717, 1.165) is 10.6 Å². The van der Waals surface area contributed by atoms with Crippen LogP contribution in [0, 0.1) is 6.92 Å². The van der Waals surface area contributed by atoms with Crippen LogP contribution in [0.5, 0.6) is 0 Å². The standard InChI is InChI=1S/C15H21NO3S2/c1-11-3-5-12(6-4-11)21-10-8-14(17)16-13(15(18)19)7-9-20-2/h3-6,13H,7-10H2,1-2H3,(H,16,17)(H,18,19)/t13-/m0/s1. The second kappa shape index (κ2) is 9.73. The Balaban J connectivity index is 2.32. The molecule has 0 aliphatic rings. The number of benzene rings is 1. The van der Waals surface area contributed by atoms with Crippen LogP contribution >= 0.6 is 23.5 Å². The van der Waals surface area contributed by atoms with E-state index < -0.39 is 12.0 Å². The van der Waals surface area contributed by atoms with Gasteiger partial charge in [0.1, 0.15) is 6.04 Å². The predicted molar refractivity (Wildman–Crippen MR) is 89.1 cm³/mol. The summed E-state index contributed by atoms with van der Waals surface area (Å²) < 4.78 is 0. The number of carboxylic acids is 1. The highest BCUT2D eigenvalue weighted by atomic mass is 32.2. The van der Waals surface area contributed by atoms with Gasteiger partial charge < -0.3 is 10.4 Å². The lowest BCUT2D eigenvalue weighted by Crippen LogP contribution is -2.41. The van der Waals surface area contributed by atoms with E-state index in [1.807, 2.05) is 37.4 Å². The lowest BCUT2D eigenvalue weighted by molar-refractivity contribution is -0.141. The smallest absolute Gasteiger partial charge is 0.326 e. The third-order valence-corrected chi connectivity index (χ3v) is 4.52. The second-order valence-corrected chi connectivity index (χ2v) is 6.81. The molecule has 1 aromatic rings. The van der Waals surface area contributed by atoms with Gasteiger partial charge in [0.2, 0.25) is 5.91 Å². The van der Waals surface area contributed by atoms with E-state index in [-0.39, 0.29) is 5.91 Å². The van der Waals surface area contributed by atoms with Gasteiger partial charge in [-0.15, -0.1) is 11.8 Å². The first-order chi connectivity index (χ1) is 10.0. The number of rotatable bonds is 9. The summed E-state index contributed by atoms with van der Waals surface area (Å²) in [4.78, 5) is 23.9. The molecule has 0 radical (unpaired) electrons. The number of carbonyl (C=O) groups is 2. The van der Waals surface area contributed by atoms with Gasteiger partial charge in [-0.05, 0) is 37.5 Å². The summed E-state index contributed by atoms with van der Waals surface area (Å²) >= 11 is 3.17. The van der Waals surface area contributed by atoms with Gasteiger partial charge in [-0.3, -0.25) is 4.79 Å². The maximum Gasteiger partial charge on any atom is 0.326 e. The Kier molecular flexibility index (Phi) is 8.30. The number of aryl methyl sites for hydroxylation is 1. The Hall–Kier alpha value is -1.14. The SMILES string of the molecule is CSCC[C@H](NC(=O)CCSc1ccc(C)cc1)C(=O)O. The Bertz CT molecular complexity index is 462. The molecule has 2 N–H and O–H groups in total. The first kappa shape index (κ1) is 17.9. The quantitative estimate of drug-likeness (QED) is 0.683. The minimum Gasteiger partial charge on any atom is -0.480 e. The monoisotopic (exact) mass is 327 g/mol. The third kappa shape index (κ3) is 7.43. The van der Waals surface area contributed by atoms with Gasteiger partial charge in [-0.1, -0.05) is 17.7 Å². The molecule has 0 saturated carbocycles. The highest BCUT2D eigenvalue weighted by Crippen LogP contribution is 2.18. The minimum absolute atomic E-state index is 0.205. The summed E-state index contributed by atoms with van der Waals surface area (Å²) in [5.41, 5.74) is 1.20. The molecule has 4 nitrogen and oxygen atoms in total.